The van der Waals surface area contributed by atoms with Gasteiger partial charge in [0.15, 0.2) is 0 Å². The molecule has 0 bridgehead atoms. The Morgan fingerprint density at radius 1 is 1.47 bits per heavy atom. The fourth-order valence-electron chi connectivity index (χ4n) is 2.93. The molecule has 106 valence electrons. The molecule has 1 aliphatic heterocycles. The molecular formula is C15H23ClN2O. The van der Waals surface area contributed by atoms with E-state index in [1.165, 1.54) is 24.1 Å². The molecule has 0 aliphatic carbocycles. The zero-order valence-corrected chi connectivity index (χ0v) is 12.3. The summed E-state index contributed by atoms with van der Waals surface area (Å²) in [6.07, 6.45) is 3.28. The lowest BCUT2D eigenvalue weighted by Gasteiger charge is -2.36. The molecule has 1 aliphatic rings. The zero-order chi connectivity index (χ0) is 13.7. The molecule has 1 fully saturated rings. The van der Waals surface area contributed by atoms with Gasteiger partial charge in [-0.1, -0.05) is 23.7 Å². The maximum absolute atomic E-state index is 9.11. The van der Waals surface area contributed by atoms with Crippen molar-refractivity contribution >= 4 is 17.3 Å². The van der Waals surface area contributed by atoms with E-state index in [4.69, 9.17) is 16.7 Å². The van der Waals surface area contributed by atoms with E-state index in [1.807, 2.05) is 19.2 Å². The van der Waals surface area contributed by atoms with Gasteiger partial charge in [-0.15, -0.1) is 0 Å². The zero-order valence-electron chi connectivity index (χ0n) is 11.5. The summed E-state index contributed by atoms with van der Waals surface area (Å²) >= 11 is 6.40. The third-order valence-corrected chi connectivity index (χ3v) is 4.12. The molecule has 0 aromatic heterocycles. The molecule has 1 aromatic rings. The van der Waals surface area contributed by atoms with Gasteiger partial charge in [-0.3, -0.25) is 0 Å². The Morgan fingerprint density at radius 2 is 2.32 bits per heavy atom. The lowest BCUT2D eigenvalue weighted by Crippen LogP contribution is -2.36. The smallest absolute Gasteiger partial charge is 0.0642 e. The standard InChI is InChI=1S/C15H23ClN2O/c1-17-10-13-5-2-6-14(16)15(13)18-8-3-4-12(11-18)7-9-19/h2,5-6,12,17,19H,3-4,7-11H2,1H3. The highest BCUT2D eigenvalue weighted by molar-refractivity contribution is 6.33. The molecule has 1 unspecified atom stereocenters. The van der Waals surface area contributed by atoms with Gasteiger partial charge in [0, 0.05) is 26.2 Å². The lowest BCUT2D eigenvalue weighted by molar-refractivity contribution is 0.244. The number of para-hydroxylation sites is 1. The predicted octanol–water partition coefficient (Wildman–Crippen LogP) is 2.66. The van der Waals surface area contributed by atoms with Crippen molar-refractivity contribution in [3.05, 3.63) is 28.8 Å². The highest BCUT2D eigenvalue weighted by Gasteiger charge is 2.22. The third kappa shape index (κ3) is 3.62. The first kappa shape index (κ1) is 14.6. The van der Waals surface area contributed by atoms with Crippen molar-refractivity contribution in [2.75, 3.05) is 31.6 Å². The molecule has 0 amide bonds. The summed E-state index contributed by atoms with van der Waals surface area (Å²) in [6.45, 7) is 3.17. The van der Waals surface area contributed by atoms with Crippen molar-refractivity contribution in [3.63, 3.8) is 0 Å². The van der Waals surface area contributed by atoms with E-state index in [0.717, 1.165) is 31.1 Å². The van der Waals surface area contributed by atoms with Crippen LogP contribution in [0.5, 0.6) is 0 Å². The molecule has 19 heavy (non-hydrogen) atoms. The van der Waals surface area contributed by atoms with Gasteiger partial charge >= 0.3 is 0 Å². The Morgan fingerprint density at radius 3 is 3.05 bits per heavy atom. The van der Waals surface area contributed by atoms with Gasteiger partial charge in [-0.25, -0.2) is 0 Å². The maximum atomic E-state index is 9.11. The Bertz CT molecular complexity index is 409. The van der Waals surface area contributed by atoms with E-state index in [2.05, 4.69) is 16.3 Å². The van der Waals surface area contributed by atoms with E-state index in [-0.39, 0.29) is 6.61 Å². The lowest BCUT2D eigenvalue weighted by atomic mass is 9.94. The Labute approximate surface area is 120 Å². The fraction of sp³-hybridized carbons (Fsp3) is 0.600. The van der Waals surface area contributed by atoms with Crippen LogP contribution in [-0.4, -0.2) is 31.9 Å². The number of nitrogens with zero attached hydrogens (tertiary/aromatic N) is 1. The Kier molecular flexibility index (Phi) is 5.49. The van der Waals surface area contributed by atoms with Crippen LogP contribution in [-0.2, 0) is 6.54 Å². The third-order valence-electron chi connectivity index (χ3n) is 3.81. The predicted molar refractivity (Wildman–Crippen MR) is 80.9 cm³/mol. The molecule has 0 spiro atoms. The summed E-state index contributed by atoms with van der Waals surface area (Å²) < 4.78 is 0. The van der Waals surface area contributed by atoms with Crippen LogP contribution in [0.3, 0.4) is 0 Å². The first-order valence-electron chi connectivity index (χ1n) is 7.04. The second kappa shape index (κ2) is 7.13. The van der Waals surface area contributed by atoms with Crippen LogP contribution in [0, 0.1) is 5.92 Å². The van der Waals surface area contributed by atoms with E-state index in [1.54, 1.807) is 0 Å². The van der Waals surface area contributed by atoms with E-state index in [9.17, 15) is 0 Å². The van der Waals surface area contributed by atoms with Crippen LogP contribution < -0.4 is 10.2 Å². The SMILES string of the molecule is CNCc1cccc(Cl)c1N1CCCC(CCO)C1. The number of hydrogen-bond acceptors (Lipinski definition) is 3. The number of anilines is 1. The molecule has 1 aromatic carbocycles. The molecular weight excluding hydrogens is 260 g/mol. The van der Waals surface area contributed by atoms with E-state index >= 15 is 0 Å². The summed E-state index contributed by atoms with van der Waals surface area (Å²) in [5.74, 6) is 0.581. The van der Waals surface area contributed by atoms with Crippen LogP contribution >= 0.6 is 11.6 Å². The number of aliphatic hydroxyl groups excluding tert-OH is 1. The number of rotatable bonds is 5. The average Bonchev–Trinajstić information content (AvgIpc) is 2.40. The molecule has 0 radical (unpaired) electrons. The minimum absolute atomic E-state index is 0.282. The van der Waals surface area contributed by atoms with E-state index < -0.39 is 0 Å². The van der Waals surface area contributed by atoms with Crippen molar-refractivity contribution in [2.45, 2.75) is 25.8 Å². The van der Waals surface area contributed by atoms with Gasteiger partial charge in [-0.05, 0) is 43.9 Å². The number of aliphatic hydroxyl groups is 1. The van der Waals surface area contributed by atoms with Crippen molar-refractivity contribution in [1.29, 1.82) is 0 Å². The Hall–Kier alpha value is -0.770. The van der Waals surface area contributed by atoms with Gasteiger partial charge in [0.25, 0.3) is 0 Å². The number of benzene rings is 1. The number of halogens is 1. The second-order valence-electron chi connectivity index (χ2n) is 5.24. The molecule has 3 nitrogen and oxygen atoms in total. The molecule has 1 saturated heterocycles. The quantitative estimate of drug-likeness (QED) is 0.872. The minimum atomic E-state index is 0.282. The van der Waals surface area contributed by atoms with Gasteiger partial charge in [0.1, 0.15) is 0 Å². The van der Waals surface area contributed by atoms with Crippen molar-refractivity contribution < 1.29 is 5.11 Å². The Balaban J connectivity index is 2.20. The topological polar surface area (TPSA) is 35.5 Å². The van der Waals surface area contributed by atoms with Gasteiger partial charge < -0.3 is 15.3 Å². The van der Waals surface area contributed by atoms with Crippen LogP contribution in [0.2, 0.25) is 5.02 Å². The van der Waals surface area contributed by atoms with Gasteiger partial charge in [-0.2, -0.15) is 0 Å². The minimum Gasteiger partial charge on any atom is -0.396 e. The fourth-order valence-corrected chi connectivity index (χ4v) is 3.25. The first-order valence-corrected chi connectivity index (χ1v) is 7.42. The van der Waals surface area contributed by atoms with Crippen LogP contribution in [0.1, 0.15) is 24.8 Å². The number of hydrogen-bond donors (Lipinski definition) is 2. The van der Waals surface area contributed by atoms with Crippen LogP contribution in [0.15, 0.2) is 18.2 Å². The largest absolute Gasteiger partial charge is 0.396 e. The van der Waals surface area contributed by atoms with E-state index in [0.29, 0.717) is 5.92 Å². The summed E-state index contributed by atoms with van der Waals surface area (Å²) in [7, 11) is 1.95. The van der Waals surface area contributed by atoms with Gasteiger partial charge in [0.2, 0.25) is 0 Å². The van der Waals surface area contributed by atoms with Crippen LogP contribution in [0.25, 0.3) is 0 Å². The molecule has 2 rings (SSSR count). The molecule has 1 atom stereocenters. The summed E-state index contributed by atoms with van der Waals surface area (Å²) in [4.78, 5) is 2.39. The summed E-state index contributed by atoms with van der Waals surface area (Å²) in [5.41, 5.74) is 2.42. The maximum Gasteiger partial charge on any atom is 0.0642 e. The van der Waals surface area contributed by atoms with Crippen molar-refractivity contribution in [1.82, 2.24) is 5.32 Å². The number of nitrogens with one attached hydrogen (secondary N) is 1. The molecule has 0 saturated carbocycles. The summed E-state index contributed by atoms with van der Waals surface area (Å²) in [5, 5.41) is 13.1. The van der Waals surface area contributed by atoms with Crippen LogP contribution in [0.4, 0.5) is 5.69 Å². The normalized spacial score (nSPS) is 19.7. The van der Waals surface area contributed by atoms with Crippen molar-refractivity contribution in [3.8, 4) is 0 Å². The molecule has 4 heteroatoms. The van der Waals surface area contributed by atoms with Gasteiger partial charge in [0.05, 0.1) is 10.7 Å². The highest BCUT2D eigenvalue weighted by Crippen LogP contribution is 2.33. The highest BCUT2D eigenvalue weighted by atomic mass is 35.5. The number of piperidine rings is 1. The average molecular weight is 283 g/mol. The molecule has 2 N–H and O–H groups in total. The first-order chi connectivity index (χ1) is 9.26. The second-order valence-corrected chi connectivity index (χ2v) is 5.65. The molecule has 1 heterocycles. The summed E-state index contributed by atoms with van der Waals surface area (Å²) in [6, 6.07) is 6.10. The van der Waals surface area contributed by atoms with Crippen molar-refractivity contribution in [2.24, 2.45) is 5.92 Å². The monoisotopic (exact) mass is 282 g/mol.